The number of hydrogen-bond donors (Lipinski definition) is 1. The zero-order chi connectivity index (χ0) is 15.4. The fourth-order valence-corrected chi connectivity index (χ4v) is 2.68. The summed E-state index contributed by atoms with van der Waals surface area (Å²) in [5.74, 6) is 1.02. The molecule has 6 heteroatoms. The molecule has 1 N–H and O–H groups in total. The molecule has 0 unspecified atom stereocenters. The van der Waals surface area contributed by atoms with Crippen LogP contribution in [0.5, 0.6) is 11.6 Å². The largest absolute Gasteiger partial charge is 0.432 e. The average molecular weight is 312 g/mol. The van der Waals surface area contributed by atoms with E-state index in [1.54, 1.807) is 18.6 Å². The standard InChI is InChI=1S/C16H14N3O2S/c1-12-5-4-8-18-16(12)21-13-9-14(11-19(20)10-13)22-15-6-2-3-7-17-15/h2-11,20H,1H3/q+1. The van der Waals surface area contributed by atoms with Crippen LogP contribution in [-0.2, 0) is 0 Å². The van der Waals surface area contributed by atoms with E-state index in [4.69, 9.17) is 4.74 Å². The zero-order valence-corrected chi connectivity index (χ0v) is 12.7. The second kappa shape index (κ2) is 6.44. The van der Waals surface area contributed by atoms with Crippen LogP contribution in [0.15, 0.2) is 71.1 Å². The number of hydrogen-bond acceptors (Lipinski definition) is 5. The lowest BCUT2D eigenvalue weighted by molar-refractivity contribution is -0.906. The highest BCUT2D eigenvalue weighted by Gasteiger charge is 2.12. The summed E-state index contributed by atoms with van der Waals surface area (Å²) in [5, 5.41) is 10.6. The van der Waals surface area contributed by atoms with Crippen LogP contribution in [0.2, 0.25) is 0 Å². The molecule has 3 rings (SSSR count). The van der Waals surface area contributed by atoms with Crippen LogP contribution in [-0.4, -0.2) is 15.2 Å². The molecule has 0 amide bonds. The highest BCUT2D eigenvalue weighted by molar-refractivity contribution is 7.99. The van der Waals surface area contributed by atoms with Crippen molar-refractivity contribution in [3.8, 4) is 11.6 Å². The normalized spacial score (nSPS) is 10.4. The molecule has 0 radical (unpaired) electrons. The Hall–Kier alpha value is -2.60. The van der Waals surface area contributed by atoms with Crippen molar-refractivity contribution in [2.45, 2.75) is 16.8 Å². The van der Waals surface area contributed by atoms with Crippen molar-refractivity contribution in [3.63, 3.8) is 0 Å². The predicted octanol–water partition coefficient (Wildman–Crippen LogP) is 3.25. The smallest absolute Gasteiger partial charge is 0.264 e. The Labute approximate surface area is 132 Å². The van der Waals surface area contributed by atoms with E-state index in [0.717, 1.165) is 20.2 Å². The van der Waals surface area contributed by atoms with Gasteiger partial charge in [-0.15, -0.1) is 0 Å². The molecule has 0 aliphatic rings. The first-order chi connectivity index (χ1) is 10.7. The molecule has 3 aromatic heterocycles. The van der Waals surface area contributed by atoms with Gasteiger partial charge in [-0.2, -0.15) is 0 Å². The molecular formula is C16H14N3O2S+. The van der Waals surface area contributed by atoms with Gasteiger partial charge in [-0.05, 0) is 25.1 Å². The van der Waals surface area contributed by atoms with Gasteiger partial charge in [0.2, 0.25) is 12.1 Å². The Morgan fingerprint density at radius 1 is 1.09 bits per heavy atom. The Balaban J connectivity index is 1.85. The SMILES string of the molecule is Cc1cccnc1Oc1cc(Sc2ccccn2)c[n+](O)c1. The first kappa shape index (κ1) is 14.3. The maximum atomic E-state index is 9.80. The number of aromatic nitrogens is 3. The summed E-state index contributed by atoms with van der Waals surface area (Å²) in [6.45, 7) is 1.92. The summed E-state index contributed by atoms with van der Waals surface area (Å²) in [7, 11) is 0. The molecule has 0 fully saturated rings. The Bertz CT molecular complexity index is 781. The van der Waals surface area contributed by atoms with E-state index >= 15 is 0 Å². The van der Waals surface area contributed by atoms with Crippen LogP contribution in [0.3, 0.4) is 0 Å². The van der Waals surface area contributed by atoms with Crippen LogP contribution >= 0.6 is 11.8 Å². The first-order valence-corrected chi connectivity index (χ1v) is 7.46. The Morgan fingerprint density at radius 3 is 2.73 bits per heavy atom. The molecule has 0 saturated heterocycles. The topological polar surface area (TPSA) is 59.1 Å². The lowest BCUT2D eigenvalue weighted by Crippen LogP contribution is -2.28. The number of nitrogens with zero attached hydrogens (tertiary/aromatic N) is 3. The summed E-state index contributed by atoms with van der Waals surface area (Å²) in [5.41, 5.74) is 0.926. The highest BCUT2D eigenvalue weighted by atomic mass is 32.2. The van der Waals surface area contributed by atoms with Gasteiger partial charge >= 0.3 is 0 Å². The van der Waals surface area contributed by atoms with Crippen LogP contribution in [0, 0.1) is 6.92 Å². The second-order valence-electron chi connectivity index (χ2n) is 4.58. The van der Waals surface area contributed by atoms with Crippen molar-refractivity contribution in [2.75, 3.05) is 0 Å². The van der Waals surface area contributed by atoms with E-state index in [1.165, 1.54) is 18.0 Å². The number of rotatable bonds is 4. The Morgan fingerprint density at radius 2 is 1.95 bits per heavy atom. The molecule has 0 aliphatic heterocycles. The summed E-state index contributed by atoms with van der Waals surface area (Å²) in [6, 6.07) is 11.3. The van der Waals surface area contributed by atoms with Gasteiger partial charge in [-0.1, -0.05) is 23.9 Å². The van der Waals surface area contributed by atoms with Crippen molar-refractivity contribution < 1.29 is 14.7 Å². The number of aryl methyl sites for hydroxylation is 1. The zero-order valence-electron chi connectivity index (χ0n) is 11.9. The van der Waals surface area contributed by atoms with Gasteiger partial charge in [-0.3, -0.25) is 5.21 Å². The van der Waals surface area contributed by atoms with E-state index < -0.39 is 0 Å². The summed E-state index contributed by atoms with van der Waals surface area (Å²) < 4.78 is 6.71. The third kappa shape index (κ3) is 3.53. The third-order valence-electron chi connectivity index (χ3n) is 2.84. The van der Waals surface area contributed by atoms with E-state index in [2.05, 4.69) is 9.97 Å². The molecular weight excluding hydrogens is 298 g/mol. The van der Waals surface area contributed by atoms with E-state index in [1.807, 2.05) is 43.3 Å². The van der Waals surface area contributed by atoms with Crippen LogP contribution in [0.25, 0.3) is 0 Å². The molecule has 0 aliphatic carbocycles. The van der Waals surface area contributed by atoms with Crippen LogP contribution in [0.4, 0.5) is 0 Å². The maximum Gasteiger partial charge on any atom is 0.264 e. The van der Waals surface area contributed by atoms with Crippen molar-refractivity contribution in [1.82, 2.24) is 9.97 Å². The molecule has 0 spiro atoms. The summed E-state index contributed by atoms with van der Waals surface area (Å²) in [6.07, 6.45) is 6.48. The minimum atomic E-state index is 0.505. The van der Waals surface area contributed by atoms with Gasteiger partial charge in [0, 0.05) is 28.8 Å². The monoisotopic (exact) mass is 312 g/mol. The highest BCUT2D eigenvalue weighted by Crippen LogP contribution is 2.29. The van der Waals surface area contributed by atoms with Gasteiger partial charge in [0.05, 0.1) is 4.90 Å². The van der Waals surface area contributed by atoms with Gasteiger partial charge in [-0.25, -0.2) is 9.97 Å². The lowest BCUT2D eigenvalue weighted by Gasteiger charge is -2.06. The first-order valence-electron chi connectivity index (χ1n) is 6.65. The van der Waals surface area contributed by atoms with E-state index in [9.17, 15) is 5.21 Å². The van der Waals surface area contributed by atoms with Crippen LogP contribution < -0.4 is 9.47 Å². The summed E-state index contributed by atoms with van der Waals surface area (Å²) in [4.78, 5) is 9.25. The molecule has 110 valence electrons. The van der Waals surface area contributed by atoms with Gasteiger partial charge in [0.25, 0.3) is 6.20 Å². The third-order valence-corrected chi connectivity index (χ3v) is 3.75. The second-order valence-corrected chi connectivity index (χ2v) is 5.68. The molecule has 0 atom stereocenters. The fourth-order valence-electron chi connectivity index (χ4n) is 1.84. The van der Waals surface area contributed by atoms with E-state index in [0.29, 0.717) is 11.6 Å². The Kier molecular flexibility index (Phi) is 4.20. The predicted molar refractivity (Wildman–Crippen MR) is 81.2 cm³/mol. The molecule has 5 nitrogen and oxygen atoms in total. The molecule has 3 heterocycles. The number of pyridine rings is 3. The fraction of sp³-hybridized carbons (Fsp3) is 0.0625. The van der Waals surface area contributed by atoms with E-state index in [-0.39, 0.29) is 0 Å². The number of ether oxygens (including phenoxy) is 1. The lowest BCUT2D eigenvalue weighted by atomic mass is 10.3. The molecule has 0 bridgehead atoms. The van der Waals surface area contributed by atoms with Crippen molar-refractivity contribution in [3.05, 3.63) is 66.7 Å². The van der Waals surface area contributed by atoms with Gasteiger partial charge in [0.1, 0.15) is 5.03 Å². The minimum Gasteiger partial charge on any atom is -0.432 e. The maximum absolute atomic E-state index is 9.80. The molecule has 22 heavy (non-hydrogen) atoms. The average Bonchev–Trinajstić information content (AvgIpc) is 2.50. The van der Waals surface area contributed by atoms with Crippen molar-refractivity contribution in [1.29, 1.82) is 0 Å². The van der Waals surface area contributed by atoms with Gasteiger partial charge in [0.15, 0.2) is 5.75 Å². The summed E-state index contributed by atoms with van der Waals surface area (Å²) >= 11 is 1.44. The molecule has 3 aromatic rings. The molecule has 0 saturated carbocycles. The molecule has 0 aromatic carbocycles. The van der Waals surface area contributed by atoms with Gasteiger partial charge < -0.3 is 4.74 Å². The minimum absolute atomic E-state index is 0.505. The van der Waals surface area contributed by atoms with Crippen LogP contribution in [0.1, 0.15) is 5.56 Å². The van der Waals surface area contributed by atoms with Crippen molar-refractivity contribution in [2.24, 2.45) is 0 Å². The quantitative estimate of drug-likeness (QED) is 0.592. The van der Waals surface area contributed by atoms with Crippen molar-refractivity contribution >= 4 is 11.8 Å².